The Hall–Kier alpha value is -4.07. The van der Waals surface area contributed by atoms with Crippen LogP contribution in [0.2, 0.25) is 0 Å². The number of benzene rings is 3. The number of para-hydroxylation sites is 1. The zero-order chi connectivity index (χ0) is 22.7. The normalized spacial score (nSPS) is 13.9. The van der Waals surface area contributed by atoms with Gasteiger partial charge in [0.25, 0.3) is 5.91 Å². The highest BCUT2D eigenvalue weighted by Gasteiger charge is 2.33. The molecule has 0 aliphatic carbocycles. The van der Waals surface area contributed by atoms with Crippen LogP contribution in [-0.4, -0.2) is 35.7 Å². The summed E-state index contributed by atoms with van der Waals surface area (Å²) in [6, 6.07) is 18.6. The van der Waals surface area contributed by atoms with E-state index in [2.05, 4.69) is 5.32 Å². The second-order valence-electron chi connectivity index (χ2n) is 7.30. The molecule has 1 saturated heterocycles. The van der Waals surface area contributed by atoms with Gasteiger partial charge in [0.1, 0.15) is 0 Å². The van der Waals surface area contributed by atoms with Gasteiger partial charge in [-0.05, 0) is 42.0 Å². The van der Waals surface area contributed by atoms with Crippen LogP contribution < -0.4 is 10.2 Å². The Balaban J connectivity index is 1.38. The second kappa shape index (κ2) is 8.97. The molecular weight excluding hydrogens is 416 g/mol. The fourth-order valence-electron chi connectivity index (χ4n) is 3.44. The molecule has 0 bridgehead atoms. The molecule has 0 radical (unpaired) electrons. The lowest BCUT2D eigenvalue weighted by Gasteiger charge is -2.33. The first-order chi connectivity index (χ1) is 15.4. The van der Waals surface area contributed by atoms with Crippen LogP contribution in [0.15, 0.2) is 72.8 Å². The minimum atomic E-state index is -1.05. The predicted molar refractivity (Wildman–Crippen MR) is 115 cm³/mol. The maximum Gasteiger partial charge on any atom is 0.316 e. The van der Waals surface area contributed by atoms with Gasteiger partial charge < -0.3 is 15.1 Å². The largest absolute Gasteiger partial charge is 0.328 e. The summed E-state index contributed by atoms with van der Waals surface area (Å²) in [7, 11) is 0. The summed E-state index contributed by atoms with van der Waals surface area (Å²) in [5.74, 6) is -3.69. The number of hydrogen-bond donors (Lipinski definition) is 1. The number of nitrogens with zero attached hydrogens (tertiary/aromatic N) is 2. The van der Waals surface area contributed by atoms with Crippen molar-refractivity contribution in [2.24, 2.45) is 0 Å². The highest BCUT2D eigenvalue weighted by atomic mass is 19.2. The summed E-state index contributed by atoms with van der Waals surface area (Å²) in [6.45, 7) is 1.01. The maximum absolute atomic E-state index is 13.3. The van der Waals surface area contributed by atoms with Crippen molar-refractivity contribution in [3.8, 4) is 0 Å². The first kappa shape index (κ1) is 21.2. The van der Waals surface area contributed by atoms with E-state index in [0.29, 0.717) is 24.3 Å². The lowest BCUT2D eigenvalue weighted by atomic mass is 10.1. The Morgan fingerprint density at radius 1 is 0.844 bits per heavy atom. The molecule has 0 spiro atoms. The van der Waals surface area contributed by atoms with Gasteiger partial charge in [0.05, 0.1) is 0 Å². The average Bonchev–Trinajstić information content (AvgIpc) is 2.80. The van der Waals surface area contributed by atoms with Crippen molar-refractivity contribution in [3.63, 3.8) is 0 Å². The first-order valence-electron chi connectivity index (χ1n) is 9.93. The number of carbonyl (C=O) groups is 3. The van der Waals surface area contributed by atoms with Crippen molar-refractivity contribution in [3.05, 3.63) is 95.6 Å². The van der Waals surface area contributed by atoms with Gasteiger partial charge in [-0.3, -0.25) is 14.4 Å². The molecule has 1 aliphatic heterocycles. The molecule has 32 heavy (non-hydrogen) atoms. The maximum atomic E-state index is 13.3. The van der Waals surface area contributed by atoms with E-state index in [1.165, 1.54) is 15.9 Å². The zero-order valence-electron chi connectivity index (χ0n) is 16.9. The molecule has 3 amide bonds. The van der Waals surface area contributed by atoms with Gasteiger partial charge in [-0.15, -0.1) is 0 Å². The van der Waals surface area contributed by atoms with Crippen LogP contribution >= 0.6 is 0 Å². The lowest BCUT2D eigenvalue weighted by molar-refractivity contribution is -0.146. The minimum Gasteiger partial charge on any atom is -0.328 e. The molecule has 0 saturated carbocycles. The average molecular weight is 435 g/mol. The standard InChI is InChI=1S/C24H19F2N3O3/c25-20-11-10-18(14-21(20)26)27-22(30)17-8-6-16(7-9-17)15-28-12-13-29(24(32)23(28)31)19-4-2-1-3-5-19/h1-11,14H,12-13,15H2,(H,27,30). The molecule has 0 unspecified atom stereocenters. The van der Waals surface area contributed by atoms with Crippen LogP contribution in [-0.2, 0) is 16.1 Å². The van der Waals surface area contributed by atoms with E-state index in [0.717, 1.165) is 17.7 Å². The molecule has 3 aromatic carbocycles. The van der Waals surface area contributed by atoms with Gasteiger partial charge in [0.15, 0.2) is 11.6 Å². The van der Waals surface area contributed by atoms with E-state index in [1.54, 1.807) is 36.4 Å². The highest BCUT2D eigenvalue weighted by molar-refractivity contribution is 6.40. The smallest absolute Gasteiger partial charge is 0.316 e. The first-order valence-corrected chi connectivity index (χ1v) is 9.93. The van der Waals surface area contributed by atoms with Crippen molar-refractivity contribution in [2.75, 3.05) is 23.3 Å². The highest BCUT2D eigenvalue weighted by Crippen LogP contribution is 2.19. The Morgan fingerprint density at radius 3 is 2.25 bits per heavy atom. The monoisotopic (exact) mass is 435 g/mol. The van der Waals surface area contributed by atoms with Crippen molar-refractivity contribution in [1.82, 2.24) is 4.90 Å². The Morgan fingerprint density at radius 2 is 1.56 bits per heavy atom. The fraction of sp³-hybridized carbons (Fsp3) is 0.125. The molecule has 1 heterocycles. The van der Waals surface area contributed by atoms with Gasteiger partial charge in [0.2, 0.25) is 0 Å². The predicted octanol–water partition coefficient (Wildman–Crippen LogP) is 3.59. The number of anilines is 2. The summed E-state index contributed by atoms with van der Waals surface area (Å²) in [6.07, 6.45) is 0. The molecule has 6 nitrogen and oxygen atoms in total. The van der Waals surface area contributed by atoms with Crippen LogP contribution in [0.1, 0.15) is 15.9 Å². The van der Waals surface area contributed by atoms with Crippen LogP contribution in [0, 0.1) is 11.6 Å². The third-order valence-corrected chi connectivity index (χ3v) is 5.14. The lowest BCUT2D eigenvalue weighted by Crippen LogP contribution is -2.54. The van der Waals surface area contributed by atoms with Crippen LogP contribution in [0.3, 0.4) is 0 Å². The molecule has 3 aromatic rings. The Labute approximate surface area is 183 Å². The third-order valence-electron chi connectivity index (χ3n) is 5.14. The van der Waals surface area contributed by atoms with E-state index in [1.807, 2.05) is 18.2 Å². The van der Waals surface area contributed by atoms with Gasteiger partial charge in [0, 0.05) is 42.6 Å². The molecule has 0 aromatic heterocycles. The summed E-state index contributed by atoms with van der Waals surface area (Å²) in [5, 5.41) is 2.50. The second-order valence-corrected chi connectivity index (χ2v) is 7.30. The van der Waals surface area contributed by atoms with Gasteiger partial charge in [-0.1, -0.05) is 30.3 Å². The molecular formula is C24H19F2N3O3. The molecule has 1 fully saturated rings. The zero-order valence-corrected chi connectivity index (χ0v) is 16.9. The number of carbonyl (C=O) groups excluding carboxylic acids is 3. The molecule has 8 heteroatoms. The summed E-state index contributed by atoms with van der Waals surface area (Å²) >= 11 is 0. The van der Waals surface area contributed by atoms with Gasteiger partial charge in [-0.2, -0.15) is 0 Å². The van der Waals surface area contributed by atoms with Crippen LogP contribution in [0.25, 0.3) is 0 Å². The Bertz CT molecular complexity index is 1170. The molecule has 1 aliphatic rings. The third kappa shape index (κ3) is 4.49. The van der Waals surface area contributed by atoms with E-state index in [9.17, 15) is 23.2 Å². The molecule has 4 rings (SSSR count). The SMILES string of the molecule is O=C(Nc1ccc(F)c(F)c1)c1ccc(CN2CCN(c3ccccc3)C(=O)C2=O)cc1. The van der Waals surface area contributed by atoms with E-state index in [4.69, 9.17) is 0 Å². The van der Waals surface area contributed by atoms with Crippen molar-refractivity contribution in [1.29, 1.82) is 0 Å². The van der Waals surface area contributed by atoms with Crippen molar-refractivity contribution >= 4 is 29.1 Å². The number of rotatable bonds is 5. The van der Waals surface area contributed by atoms with Crippen LogP contribution in [0.5, 0.6) is 0 Å². The number of halogens is 2. The topological polar surface area (TPSA) is 69.7 Å². The summed E-state index contributed by atoms with van der Waals surface area (Å²) < 4.78 is 26.3. The van der Waals surface area contributed by atoms with Crippen molar-refractivity contribution in [2.45, 2.75) is 6.54 Å². The fourth-order valence-corrected chi connectivity index (χ4v) is 3.44. The number of nitrogens with one attached hydrogen (secondary N) is 1. The molecule has 0 atom stereocenters. The quantitative estimate of drug-likeness (QED) is 0.623. The summed E-state index contributed by atoms with van der Waals surface area (Å²) in [5.41, 5.74) is 1.89. The number of piperazine rings is 1. The van der Waals surface area contributed by atoms with Gasteiger partial charge in [-0.25, -0.2) is 8.78 Å². The molecule has 162 valence electrons. The van der Waals surface area contributed by atoms with E-state index >= 15 is 0 Å². The number of amides is 3. The Kier molecular flexibility index (Phi) is 5.93. The van der Waals surface area contributed by atoms with Crippen molar-refractivity contribution < 1.29 is 23.2 Å². The summed E-state index contributed by atoms with van der Waals surface area (Å²) in [4.78, 5) is 40.3. The number of hydrogen-bond acceptors (Lipinski definition) is 3. The van der Waals surface area contributed by atoms with E-state index in [-0.39, 0.29) is 12.2 Å². The molecule has 1 N–H and O–H groups in total. The minimum absolute atomic E-state index is 0.137. The van der Waals surface area contributed by atoms with Gasteiger partial charge >= 0.3 is 11.8 Å². The van der Waals surface area contributed by atoms with E-state index < -0.39 is 29.4 Å². The van der Waals surface area contributed by atoms with Crippen LogP contribution in [0.4, 0.5) is 20.2 Å².